The molecule has 96 valence electrons. The minimum atomic E-state index is 0.0655. The molecule has 1 atom stereocenters. The number of hydrogen-bond donors (Lipinski definition) is 1. The number of nitriles is 1. The lowest BCUT2D eigenvalue weighted by Gasteiger charge is -2.30. The quantitative estimate of drug-likeness (QED) is 0.909. The number of benzene rings is 2. The maximum Gasteiger partial charge on any atom is 0.101 e. The molecule has 3 heteroatoms. The van der Waals surface area contributed by atoms with E-state index in [4.69, 9.17) is 5.73 Å². The summed E-state index contributed by atoms with van der Waals surface area (Å²) in [5.74, 6) is 0. The van der Waals surface area contributed by atoms with Crippen molar-refractivity contribution in [2.45, 2.75) is 6.04 Å². The molecule has 0 fully saturated rings. The van der Waals surface area contributed by atoms with E-state index in [1.165, 1.54) is 0 Å². The van der Waals surface area contributed by atoms with Crippen molar-refractivity contribution in [3.8, 4) is 6.07 Å². The number of hydrogen-bond acceptors (Lipinski definition) is 3. The van der Waals surface area contributed by atoms with Crippen molar-refractivity contribution in [1.82, 2.24) is 0 Å². The molecular formula is C16H17N3. The second-order valence-electron chi connectivity index (χ2n) is 4.40. The van der Waals surface area contributed by atoms with Gasteiger partial charge < -0.3 is 10.6 Å². The fourth-order valence-corrected chi connectivity index (χ4v) is 2.24. The molecule has 0 amide bonds. The fourth-order valence-electron chi connectivity index (χ4n) is 2.24. The Labute approximate surface area is 113 Å². The van der Waals surface area contributed by atoms with Gasteiger partial charge in [-0.05, 0) is 17.7 Å². The summed E-state index contributed by atoms with van der Waals surface area (Å²) in [5, 5.41) is 9.18. The van der Waals surface area contributed by atoms with Crippen molar-refractivity contribution >= 4 is 5.69 Å². The van der Waals surface area contributed by atoms with Gasteiger partial charge in [-0.1, -0.05) is 42.5 Å². The van der Waals surface area contributed by atoms with Crippen LogP contribution in [0.2, 0.25) is 0 Å². The molecule has 2 aromatic rings. The first-order valence-corrected chi connectivity index (χ1v) is 6.25. The normalized spacial score (nSPS) is 11.6. The zero-order valence-corrected chi connectivity index (χ0v) is 11.0. The van der Waals surface area contributed by atoms with E-state index < -0.39 is 0 Å². The molecule has 0 heterocycles. The molecule has 3 nitrogen and oxygen atoms in total. The first-order valence-electron chi connectivity index (χ1n) is 6.25. The lowest BCUT2D eigenvalue weighted by atomic mass is 10.0. The minimum Gasteiger partial charge on any atom is -0.365 e. The molecule has 2 N–H and O–H groups in total. The van der Waals surface area contributed by atoms with E-state index in [9.17, 15) is 5.26 Å². The minimum absolute atomic E-state index is 0.0655. The predicted octanol–water partition coefficient (Wildman–Crippen LogP) is 2.69. The molecular weight excluding hydrogens is 234 g/mol. The van der Waals surface area contributed by atoms with Crippen LogP contribution in [0.1, 0.15) is 17.2 Å². The SMILES string of the molecule is CN(c1ccccc1C#N)C(CN)c1ccccc1. The van der Waals surface area contributed by atoms with Gasteiger partial charge >= 0.3 is 0 Å². The highest BCUT2D eigenvalue weighted by Gasteiger charge is 2.17. The number of nitrogens with zero attached hydrogens (tertiary/aromatic N) is 2. The standard InChI is InChI=1S/C16H17N3/c1-19(15-10-6-5-9-14(15)11-17)16(12-18)13-7-3-2-4-8-13/h2-10,16H,12,18H2,1H3. The Kier molecular flexibility index (Phi) is 4.17. The van der Waals surface area contributed by atoms with Crippen LogP contribution in [0.5, 0.6) is 0 Å². The Morgan fingerprint density at radius 1 is 1.11 bits per heavy atom. The van der Waals surface area contributed by atoms with Gasteiger partial charge in [-0.2, -0.15) is 5.26 Å². The first kappa shape index (κ1) is 13.1. The highest BCUT2D eigenvalue weighted by molar-refractivity contribution is 5.60. The van der Waals surface area contributed by atoms with E-state index >= 15 is 0 Å². The molecule has 0 aliphatic carbocycles. The second-order valence-corrected chi connectivity index (χ2v) is 4.40. The average molecular weight is 251 g/mol. The van der Waals surface area contributed by atoms with Gasteiger partial charge in [0.25, 0.3) is 0 Å². The third kappa shape index (κ3) is 2.75. The molecule has 0 saturated heterocycles. The van der Waals surface area contributed by atoms with E-state index in [0.29, 0.717) is 12.1 Å². The highest BCUT2D eigenvalue weighted by Crippen LogP contribution is 2.27. The fraction of sp³-hybridized carbons (Fsp3) is 0.188. The van der Waals surface area contributed by atoms with Gasteiger partial charge in [-0.25, -0.2) is 0 Å². The zero-order chi connectivity index (χ0) is 13.7. The average Bonchev–Trinajstić information content (AvgIpc) is 2.49. The number of para-hydroxylation sites is 1. The Hall–Kier alpha value is -2.31. The molecule has 1 unspecified atom stereocenters. The predicted molar refractivity (Wildman–Crippen MR) is 77.8 cm³/mol. The molecule has 0 aliphatic heterocycles. The Morgan fingerprint density at radius 2 is 1.74 bits per heavy atom. The monoisotopic (exact) mass is 251 g/mol. The van der Waals surface area contributed by atoms with Crippen LogP contribution in [0, 0.1) is 11.3 Å². The van der Waals surface area contributed by atoms with Crippen LogP contribution in [0.15, 0.2) is 54.6 Å². The third-order valence-corrected chi connectivity index (χ3v) is 3.28. The maximum absolute atomic E-state index is 9.18. The van der Waals surface area contributed by atoms with Crippen LogP contribution in [0.25, 0.3) is 0 Å². The summed E-state index contributed by atoms with van der Waals surface area (Å²) in [6, 6.07) is 20.0. The van der Waals surface area contributed by atoms with Gasteiger partial charge in [0.1, 0.15) is 6.07 Å². The van der Waals surface area contributed by atoms with Gasteiger partial charge in [0.15, 0.2) is 0 Å². The van der Waals surface area contributed by atoms with Gasteiger partial charge in [-0.15, -0.1) is 0 Å². The van der Waals surface area contributed by atoms with Crippen molar-refractivity contribution in [3.63, 3.8) is 0 Å². The molecule has 0 aromatic heterocycles. The Balaban J connectivity index is 2.37. The van der Waals surface area contributed by atoms with Crippen LogP contribution in [-0.2, 0) is 0 Å². The van der Waals surface area contributed by atoms with Crippen molar-refractivity contribution in [2.75, 3.05) is 18.5 Å². The van der Waals surface area contributed by atoms with E-state index in [1.807, 2.05) is 49.5 Å². The lowest BCUT2D eigenvalue weighted by molar-refractivity contribution is 0.680. The van der Waals surface area contributed by atoms with Gasteiger partial charge in [-0.3, -0.25) is 0 Å². The van der Waals surface area contributed by atoms with Crippen molar-refractivity contribution in [2.24, 2.45) is 5.73 Å². The Bertz CT molecular complexity index is 572. The van der Waals surface area contributed by atoms with E-state index in [2.05, 4.69) is 23.1 Å². The number of anilines is 1. The molecule has 0 radical (unpaired) electrons. The summed E-state index contributed by atoms with van der Waals surface area (Å²) in [4.78, 5) is 2.06. The van der Waals surface area contributed by atoms with Gasteiger partial charge in [0.2, 0.25) is 0 Å². The molecule has 0 saturated carbocycles. The Morgan fingerprint density at radius 3 is 2.37 bits per heavy atom. The lowest BCUT2D eigenvalue weighted by Crippen LogP contribution is -2.30. The molecule has 0 bridgehead atoms. The van der Waals surface area contributed by atoms with Crippen LogP contribution in [0.3, 0.4) is 0 Å². The molecule has 2 rings (SSSR count). The summed E-state index contributed by atoms with van der Waals surface area (Å²) in [7, 11) is 1.97. The third-order valence-electron chi connectivity index (χ3n) is 3.28. The molecule has 0 aliphatic rings. The second kappa shape index (κ2) is 6.03. The summed E-state index contributed by atoms with van der Waals surface area (Å²) < 4.78 is 0. The topological polar surface area (TPSA) is 53.0 Å². The van der Waals surface area contributed by atoms with E-state index in [0.717, 1.165) is 11.3 Å². The molecule has 2 aromatic carbocycles. The number of likely N-dealkylation sites (N-methyl/N-ethyl adjacent to an activating group) is 1. The van der Waals surface area contributed by atoms with E-state index in [-0.39, 0.29) is 6.04 Å². The summed E-state index contributed by atoms with van der Waals surface area (Å²) in [5.41, 5.74) is 8.64. The summed E-state index contributed by atoms with van der Waals surface area (Å²) in [6.07, 6.45) is 0. The van der Waals surface area contributed by atoms with Crippen molar-refractivity contribution in [1.29, 1.82) is 5.26 Å². The number of rotatable bonds is 4. The van der Waals surface area contributed by atoms with Crippen LogP contribution >= 0.6 is 0 Å². The zero-order valence-electron chi connectivity index (χ0n) is 11.0. The van der Waals surface area contributed by atoms with Gasteiger partial charge in [0, 0.05) is 13.6 Å². The van der Waals surface area contributed by atoms with Crippen LogP contribution < -0.4 is 10.6 Å². The maximum atomic E-state index is 9.18. The van der Waals surface area contributed by atoms with Crippen molar-refractivity contribution in [3.05, 3.63) is 65.7 Å². The smallest absolute Gasteiger partial charge is 0.101 e. The van der Waals surface area contributed by atoms with Crippen molar-refractivity contribution < 1.29 is 0 Å². The molecule has 0 spiro atoms. The van der Waals surface area contributed by atoms with Crippen LogP contribution in [0.4, 0.5) is 5.69 Å². The van der Waals surface area contributed by atoms with Gasteiger partial charge in [0.05, 0.1) is 17.3 Å². The highest BCUT2D eigenvalue weighted by atomic mass is 15.1. The van der Waals surface area contributed by atoms with E-state index in [1.54, 1.807) is 0 Å². The summed E-state index contributed by atoms with van der Waals surface area (Å²) >= 11 is 0. The largest absolute Gasteiger partial charge is 0.365 e. The summed E-state index contributed by atoms with van der Waals surface area (Å²) in [6.45, 7) is 0.500. The van der Waals surface area contributed by atoms with Crippen LogP contribution in [-0.4, -0.2) is 13.6 Å². The first-order chi connectivity index (χ1) is 9.27. The molecule has 19 heavy (non-hydrogen) atoms. The number of nitrogens with two attached hydrogens (primary N) is 1.